The van der Waals surface area contributed by atoms with E-state index in [-0.39, 0.29) is 13.2 Å². The van der Waals surface area contributed by atoms with E-state index in [0.29, 0.717) is 25.7 Å². The molecule has 21 heavy (non-hydrogen) atoms. The van der Waals surface area contributed by atoms with Gasteiger partial charge in [0.25, 0.3) is 0 Å². The van der Waals surface area contributed by atoms with Crippen LogP contribution in [-0.2, 0) is 9.47 Å². The smallest absolute Gasteiger partial charge is 0.102 e. The van der Waals surface area contributed by atoms with Crippen molar-refractivity contribution in [2.45, 2.75) is 19.8 Å². The van der Waals surface area contributed by atoms with Crippen molar-refractivity contribution in [2.24, 2.45) is 11.7 Å². The molecule has 4 N–H and O–H groups in total. The first kappa shape index (κ1) is 23.0. The fourth-order valence-corrected chi connectivity index (χ4v) is 1.67. The molecule has 0 aliphatic carbocycles. The Kier molecular flexibility index (Phi) is 17.7. The van der Waals surface area contributed by atoms with Crippen molar-refractivity contribution in [1.82, 2.24) is 0 Å². The maximum absolute atomic E-state index is 8.89. The van der Waals surface area contributed by atoms with E-state index >= 15 is 0 Å². The molecule has 0 aromatic carbocycles. The summed E-state index contributed by atoms with van der Waals surface area (Å²) in [5.74, 6) is 0.516. The van der Waals surface area contributed by atoms with Crippen molar-refractivity contribution < 1.29 is 24.2 Å². The topological polar surface area (TPSA) is 84.9 Å². The summed E-state index contributed by atoms with van der Waals surface area (Å²) >= 11 is 0. The number of nitrogens with zero attached hydrogens (tertiary/aromatic N) is 1. The first-order valence-electron chi connectivity index (χ1n) is 7.79. The highest BCUT2D eigenvalue weighted by atomic mass is 16.5. The minimum absolute atomic E-state index is 0.210. The summed E-state index contributed by atoms with van der Waals surface area (Å²) in [5.41, 5.74) is 4.50. The highest BCUT2D eigenvalue weighted by Gasteiger charge is 2.12. The predicted octanol–water partition coefficient (Wildman–Crippen LogP) is 0.0718. The summed E-state index contributed by atoms with van der Waals surface area (Å²) < 4.78 is 11.8. The molecule has 0 aliphatic rings. The highest BCUT2D eigenvalue weighted by molar-refractivity contribution is 4.50. The summed E-state index contributed by atoms with van der Waals surface area (Å²) in [6, 6.07) is 0. The number of aliphatic hydroxyl groups excluding tert-OH is 2. The third-order valence-corrected chi connectivity index (χ3v) is 3.30. The third kappa shape index (κ3) is 17.7. The second-order valence-corrected chi connectivity index (χ2v) is 5.74. The van der Waals surface area contributed by atoms with Crippen molar-refractivity contribution in [3.63, 3.8) is 0 Å². The highest BCUT2D eigenvalue weighted by Crippen LogP contribution is 2.05. The van der Waals surface area contributed by atoms with Crippen LogP contribution in [0.3, 0.4) is 0 Å². The van der Waals surface area contributed by atoms with Crippen LogP contribution in [0.2, 0.25) is 0 Å². The Morgan fingerprint density at radius 3 is 1.95 bits per heavy atom. The van der Waals surface area contributed by atoms with Crippen LogP contribution in [0.5, 0.6) is 0 Å². The van der Waals surface area contributed by atoms with Gasteiger partial charge in [-0.3, -0.25) is 0 Å². The van der Waals surface area contributed by atoms with Crippen molar-refractivity contribution >= 4 is 0 Å². The Hall–Kier alpha value is -0.240. The third-order valence-electron chi connectivity index (χ3n) is 3.30. The molecule has 0 saturated carbocycles. The van der Waals surface area contributed by atoms with Gasteiger partial charge in [-0.1, -0.05) is 6.92 Å². The molecule has 6 nitrogen and oxygen atoms in total. The van der Waals surface area contributed by atoms with E-state index in [0.717, 1.165) is 37.0 Å². The van der Waals surface area contributed by atoms with E-state index in [1.165, 1.54) is 7.05 Å². The summed E-state index contributed by atoms with van der Waals surface area (Å²) in [6.45, 7) is 6.91. The first-order valence-corrected chi connectivity index (χ1v) is 7.79. The number of ether oxygens (including phenoxy) is 2. The fourth-order valence-electron chi connectivity index (χ4n) is 1.67. The minimum Gasteiger partial charge on any atom is -0.396 e. The van der Waals surface area contributed by atoms with Gasteiger partial charge in [-0.15, -0.1) is 0 Å². The lowest BCUT2D eigenvalue weighted by Crippen LogP contribution is -2.44. The van der Waals surface area contributed by atoms with Crippen molar-refractivity contribution in [1.29, 1.82) is 0 Å². The minimum atomic E-state index is 0.210. The lowest BCUT2D eigenvalue weighted by atomic mass is 10.1. The average Bonchev–Trinajstić information content (AvgIpc) is 2.44. The van der Waals surface area contributed by atoms with E-state index < -0.39 is 0 Å². The first-order chi connectivity index (χ1) is 10.0. The molecule has 0 spiro atoms. The SMILES string of the molecule is CC(CCO)CCOCCOCC[N+](C)(C)CCO.CN. The van der Waals surface area contributed by atoms with Gasteiger partial charge in [0.15, 0.2) is 0 Å². The Morgan fingerprint density at radius 1 is 0.857 bits per heavy atom. The van der Waals surface area contributed by atoms with Gasteiger partial charge >= 0.3 is 0 Å². The van der Waals surface area contributed by atoms with Crippen LogP contribution in [0.25, 0.3) is 0 Å². The molecule has 1 unspecified atom stereocenters. The molecule has 0 bridgehead atoms. The van der Waals surface area contributed by atoms with Crippen LogP contribution in [-0.4, -0.2) is 88.6 Å². The number of hydrogen-bond acceptors (Lipinski definition) is 5. The number of likely N-dealkylation sites (N-methyl/N-ethyl adjacent to an activating group) is 1. The molecule has 1 atom stereocenters. The van der Waals surface area contributed by atoms with Crippen molar-refractivity contribution in [3.8, 4) is 0 Å². The maximum Gasteiger partial charge on any atom is 0.102 e. The van der Waals surface area contributed by atoms with Crippen molar-refractivity contribution in [2.75, 3.05) is 73.9 Å². The molecular weight excluding hydrogens is 272 g/mol. The number of aliphatic hydroxyl groups is 2. The molecule has 0 aromatic heterocycles. The van der Waals surface area contributed by atoms with Crippen molar-refractivity contribution in [3.05, 3.63) is 0 Å². The van der Waals surface area contributed by atoms with E-state index in [4.69, 9.17) is 19.7 Å². The number of hydrogen-bond donors (Lipinski definition) is 3. The van der Waals surface area contributed by atoms with Gasteiger partial charge in [-0.25, -0.2) is 0 Å². The second kappa shape index (κ2) is 16.1. The van der Waals surface area contributed by atoms with Gasteiger partial charge in [0, 0.05) is 13.2 Å². The summed E-state index contributed by atoms with van der Waals surface area (Å²) in [4.78, 5) is 0. The van der Waals surface area contributed by atoms with Gasteiger partial charge < -0.3 is 29.9 Å². The standard InChI is InChI=1S/C14H32NO4.CH5N/c1-14(4-8-16)5-10-18-12-13-19-11-7-15(2,3)6-9-17;1-2/h14,16-17H,4-13H2,1-3H3;2H2,1H3/q+1;. The van der Waals surface area contributed by atoms with Crippen LogP contribution < -0.4 is 5.73 Å². The monoisotopic (exact) mass is 309 g/mol. The van der Waals surface area contributed by atoms with Crippen LogP contribution in [0.15, 0.2) is 0 Å². The number of rotatable bonds is 13. The Balaban J connectivity index is 0. The molecule has 0 rings (SSSR count). The van der Waals surface area contributed by atoms with E-state index in [9.17, 15) is 0 Å². The molecule has 0 fully saturated rings. The lowest BCUT2D eigenvalue weighted by Gasteiger charge is -2.28. The maximum atomic E-state index is 8.89. The van der Waals surface area contributed by atoms with Gasteiger partial charge in [0.1, 0.15) is 13.1 Å². The van der Waals surface area contributed by atoms with E-state index in [1.807, 2.05) is 0 Å². The predicted molar refractivity (Wildman–Crippen MR) is 86.2 cm³/mol. The molecule has 0 saturated heterocycles. The molecule has 0 aliphatic heterocycles. The Labute approximate surface area is 130 Å². The molecule has 0 aromatic rings. The normalized spacial score (nSPS) is 12.7. The van der Waals surface area contributed by atoms with E-state index in [2.05, 4.69) is 26.8 Å². The lowest BCUT2D eigenvalue weighted by molar-refractivity contribution is -0.891. The zero-order chi connectivity index (χ0) is 16.6. The second-order valence-electron chi connectivity index (χ2n) is 5.74. The molecular formula is C15H37N2O4+. The summed E-state index contributed by atoms with van der Waals surface area (Å²) in [5, 5.41) is 17.7. The van der Waals surface area contributed by atoms with Crippen LogP contribution in [0, 0.1) is 5.92 Å². The molecule has 6 heteroatoms. The molecule has 0 radical (unpaired) electrons. The summed E-state index contributed by atoms with van der Waals surface area (Å²) in [6.07, 6.45) is 1.83. The fraction of sp³-hybridized carbons (Fsp3) is 1.00. The van der Waals surface area contributed by atoms with Gasteiger partial charge in [0.2, 0.25) is 0 Å². The zero-order valence-electron chi connectivity index (χ0n) is 14.4. The zero-order valence-corrected chi connectivity index (χ0v) is 14.4. The number of nitrogens with two attached hydrogens (primary N) is 1. The Bertz CT molecular complexity index is 204. The van der Waals surface area contributed by atoms with Gasteiger partial charge in [0.05, 0.1) is 40.5 Å². The van der Waals surface area contributed by atoms with Crippen LogP contribution in [0.4, 0.5) is 0 Å². The molecule has 130 valence electrons. The van der Waals surface area contributed by atoms with E-state index in [1.54, 1.807) is 0 Å². The average molecular weight is 309 g/mol. The Morgan fingerprint density at radius 2 is 1.43 bits per heavy atom. The number of quaternary nitrogens is 1. The summed E-state index contributed by atoms with van der Waals surface area (Å²) in [7, 11) is 5.66. The van der Waals surface area contributed by atoms with Gasteiger partial charge in [-0.2, -0.15) is 0 Å². The van der Waals surface area contributed by atoms with Crippen LogP contribution >= 0.6 is 0 Å². The van der Waals surface area contributed by atoms with Crippen LogP contribution in [0.1, 0.15) is 19.8 Å². The molecule has 0 heterocycles. The van der Waals surface area contributed by atoms with Gasteiger partial charge in [-0.05, 0) is 25.8 Å². The quantitative estimate of drug-likeness (QED) is 0.331. The largest absolute Gasteiger partial charge is 0.396 e. The molecule has 0 amide bonds.